The van der Waals surface area contributed by atoms with Crippen LogP contribution in [0, 0.1) is 0 Å². The van der Waals surface area contributed by atoms with Crippen LogP contribution in [0.1, 0.15) is 36.0 Å². The molecule has 0 bridgehead atoms. The molecule has 2 fully saturated rings. The van der Waals surface area contributed by atoms with Crippen LogP contribution in [0.2, 0.25) is 0 Å². The minimum Gasteiger partial charge on any atom is -0.493 e. The summed E-state index contributed by atoms with van der Waals surface area (Å²) in [5.41, 5.74) is 0.597. The lowest BCUT2D eigenvalue weighted by Gasteiger charge is -2.33. The molecule has 5 nitrogen and oxygen atoms in total. The number of likely N-dealkylation sites (tertiary alicyclic amines) is 2. The summed E-state index contributed by atoms with van der Waals surface area (Å²) in [6, 6.07) is 6.30. The van der Waals surface area contributed by atoms with Gasteiger partial charge in [0.15, 0.2) is 11.5 Å². The summed E-state index contributed by atoms with van der Waals surface area (Å²) in [6.07, 6.45) is 4.57. The van der Waals surface area contributed by atoms with Gasteiger partial charge < -0.3 is 19.3 Å². The smallest absolute Gasteiger partial charge is 0.258 e. The molecule has 0 spiro atoms. The Labute approximate surface area is 138 Å². The quantitative estimate of drug-likeness (QED) is 0.855. The lowest BCUT2D eigenvalue weighted by atomic mass is 10.0. The fourth-order valence-corrected chi connectivity index (χ4v) is 4.08. The van der Waals surface area contributed by atoms with Crippen LogP contribution in [0.4, 0.5) is 0 Å². The van der Waals surface area contributed by atoms with E-state index in [1.54, 1.807) is 14.2 Å². The van der Waals surface area contributed by atoms with Crippen LogP contribution in [0.25, 0.3) is 0 Å². The van der Waals surface area contributed by atoms with E-state index in [1.807, 2.05) is 23.1 Å². The Morgan fingerprint density at radius 3 is 2.48 bits per heavy atom. The highest BCUT2D eigenvalue weighted by atomic mass is 16.5. The van der Waals surface area contributed by atoms with E-state index in [1.165, 1.54) is 12.8 Å². The lowest BCUT2D eigenvalue weighted by molar-refractivity contribution is 0.0660. The van der Waals surface area contributed by atoms with Crippen LogP contribution in [-0.4, -0.2) is 62.1 Å². The van der Waals surface area contributed by atoms with Crippen molar-refractivity contribution in [2.75, 3.05) is 34.4 Å². The normalized spacial score (nSPS) is 24.9. The van der Waals surface area contributed by atoms with Crippen molar-refractivity contribution >= 4 is 5.91 Å². The Morgan fingerprint density at radius 2 is 1.83 bits per heavy atom. The van der Waals surface area contributed by atoms with Gasteiger partial charge in [0, 0.05) is 18.6 Å². The second kappa shape index (κ2) is 6.79. The van der Waals surface area contributed by atoms with Crippen molar-refractivity contribution in [2.24, 2.45) is 0 Å². The van der Waals surface area contributed by atoms with Gasteiger partial charge in [0.2, 0.25) is 0 Å². The van der Waals surface area contributed by atoms with Crippen LogP contribution >= 0.6 is 0 Å². The lowest BCUT2D eigenvalue weighted by Crippen LogP contribution is -2.47. The number of benzene rings is 1. The van der Waals surface area contributed by atoms with E-state index in [9.17, 15) is 4.79 Å². The van der Waals surface area contributed by atoms with Gasteiger partial charge in [-0.05, 0) is 51.4 Å². The molecular weight excluding hydrogens is 292 g/mol. The molecule has 2 heterocycles. The molecule has 2 aliphatic heterocycles. The fourth-order valence-electron chi connectivity index (χ4n) is 4.08. The van der Waals surface area contributed by atoms with E-state index in [0.717, 1.165) is 25.9 Å². The zero-order valence-corrected chi connectivity index (χ0v) is 14.2. The van der Waals surface area contributed by atoms with Gasteiger partial charge in [0.1, 0.15) is 0 Å². The van der Waals surface area contributed by atoms with Crippen LogP contribution in [0.3, 0.4) is 0 Å². The monoisotopic (exact) mass is 318 g/mol. The molecule has 0 aliphatic carbocycles. The van der Waals surface area contributed by atoms with Gasteiger partial charge in [0.05, 0.1) is 19.8 Å². The van der Waals surface area contributed by atoms with Gasteiger partial charge in [-0.25, -0.2) is 0 Å². The maximum Gasteiger partial charge on any atom is 0.258 e. The number of carbonyl (C=O) groups is 1. The van der Waals surface area contributed by atoms with E-state index in [4.69, 9.17) is 9.47 Å². The standard InChI is InChI=1S/C18H26N2O3/c1-19-11-5-8-14(19)15-9-6-12-20(15)18(21)13-7-4-10-16(22-2)17(13)23-3/h4,7,10,14-15H,5-6,8-9,11-12H2,1-3H3/t14-,15+/m1/s1. The summed E-state index contributed by atoms with van der Waals surface area (Å²) < 4.78 is 10.8. The maximum atomic E-state index is 13.1. The molecule has 0 aromatic heterocycles. The van der Waals surface area contributed by atoms with Gasteiger partial charge in [-0.15, -0.1) is 0 Å². The summed E-state index contributed by atoms with van der Waals surface area (Å²) in [5.74, 6) is 1.20. The van der Waals surface area contributed by atoms with Gasteiger partial charge in [0.25, 0.3) is 5.91 Å². The average molecular weight is 318 g/mol. The SMILES string of the molecule is COc1cccc(C(=O)N2CCC[C@H]2[C@H]2CCCN2C)c1OC. The third-order valence-corrected chi connectivity index (χ3v) is 5.21. The Kier molecular flexibility index (Phi) is 4.76. The van der Waals surface area contributed by atoms with Gasteiger partial charge in [-0.1, -0.05) is 6.07 Å². The molecule has 0 radical (unpaired) electrons. The zero-order chi connectivity index (χ0) is 16.4. The van der Waals surface area contributed by atoms with Crippen molar-refractivity contribution in [2.45, 2.75) is 37.8 Å². The van der Waals surface area contributed by atoms with E-state index < -0.39 is 0 Å². The molecule has 0 unspecified atom stereocenters. The number of likely N-dealkylation sites (N-methyl/N-ethyl adjacent to an activating group) is 1. The molecule has 1 amide bonds. The van der Waals surface area contributed by atoms with E-state index in [0.29, 0.717) is 29.1 Å². The first-order chi connectivity index (χ1) is 11.2. The summed E-state index contributed by atoms with van der Waals surface area (Å²) in [4.78, 5) is 17.6. The van der Waals surface area contributed by atoms with Crippen molar-refractivity contribution in [3.05, 3.63) is 23.8 Å². The molecular formula is C18H26N2O3. The van der Waals surface area contributed by atoms with E-state index in [2.05, 4.69) is 11.9 Å². The summed E-state index contributed by atoms with van der Waals surface area (Å²) in [6.45, 7) is 1.96. The van der Waals surface area contributed by atoms with Gasteiger partial charge >= 0.3 is 0 Å². The predicted octanol–water partition coefficient (Wildman–Crippen LogP) is 2.40. The van der Waals surface area contributed by atoms with E-state index in [-0.39, 0.29) is 5.91 Å². The van der Waals surface area contributed by atoms with Gasteiger partial charge in [-0.3, -0.25) is 4.79 Å². The average Bonchev–Trinajstić information content (AvgIpc) is 3.21. The molecule has 0 N–H and O–H groups in total. The third kappa shape index (κ3) is 2.90. The topological polar surface area (TPSA) is 42.0 Å². The first kappa shape index (κ1) is 16.1. The zero-order valence-electron chi connectivity index (χ0n) is 14.2. The number of nitrogens with zero attached hydrogens (tertiary/aromatic N) is 2. The number of rotatable bonds is 4. The Balaban J connectivity index is 1.87. The van der Waals surface area contributed by atoms with Crippen LogP contribution in [-0.2, 0) is 0 Å². The van der Waals surface area contributed by atoms with Gasteiger partial charge in [-0.2, -0.15) is 0 Å². The number of para-hydroxylation sites is 1. The van der Waals surface area contributed by atoms with Crippen molar-refractivity contribution in [1.82, 2.24) is 9.80 Å². The number of ether oxygens (including phenoxy) is 2. The largest absolute Gasteiger partial charge is 0.493 e. The molecule has 126 valence electrons. The maximum absolute atomic E-state index is 13.1. The van der Waals surface area contributed by atoms with Crippen LogP contribution < -0.4 is 9.47 Å². The predicted molar refractivity (Wildman–Crippen MR) is 89.3 cm³/mol. The Bertz CT molecular complexity index is 575. The second-order valence-corrected chi connectivity index (χ2v) is 6.44. The molecule has 0 saturated carbocycles. The highest BCUT2D eigenvalue weighted by Gasteiger charge is 2.39. The number of hydrogen-bond donors (Lipinski definition) is 0. The molecule has 2 atom stereocenters. The highest BCUT2D eigenvalue weighted by molar-refractivity contribution is 5.98. The summed E-state index contributed by atoms with van der Waals surface area (Å²) in [5, 5.41) is 0. The molecule has 1 aromatic carbocycles. The third-order valence-electron chi connectivity index (χ3n) is 5.21. The minimum atomic E-state index is 0.0588. The minimum absolute atomic E-state index is 0.0588. The summed E-state index contributed by atoms with van der Waals surface area (Å²) in [7, 11) is 5.35. The number of amides is 1. The number of carbonyl (C=O) groups excluding carboxylic acids is 1. The molecule has 2 saturated heterocycles. The number of hydrogen-bond acceptors (Lipinski definition) is 4. The summed E-state index contributed by atoms with van der Waals surface area (Å²) >= 11 is 0. The first-order valence-corrected chi connectivity index (χ1v) is 8.39. The first-order valence-electron chi connectivity index (χ1n) is 8.39. The molecule has 3 rings (SSSR count). The molecule has 5 heteroatoms. The number of methoxy groups -OCH3 is 2. The van der Waals surface area contributed by atoms with Crippen molar-refractivity contribution in [1.29, 1.82) is 0 Å². The van der Waals surface area contributed by atoms with E-state index >= 15 is 0 Å². The molecule has 23 heavy (non-hydrogen) atoms. The van der Waals surface area contributed by atoms with Crippen molar-refractivity contribution < 1.29 is 14.3 Å². The Hall–Kier alpha value is -1.75. The molecule has 2 aliphatic rings. The highest BCUT2D eigenvalue weighted by Crippen LogP contribution is 2.35. The van der Waals surface area contributed by atoms with Crippen LogP contribution in [0.5, 0.6) is 11.5 Å². The second-order valence-electron chi connectivity index (χ2n) is 6.44. The van der Waals surface area contributed by atoms with Crippen molar-refractivity contribution in [3.8, 4) is 11.5 Å². The molecule has 1 aromatic rings. The Morgan fingerprint density at radius 1 is 1.09 bits per heavy atom. The fraction of sp³-hybridized carbons (Fsp3) is 0.611. The van der Waals surface area contributed by atoms with Crippen molar-refractivity contribution in [3.63, 3.8) is 0 Å². The van der Waals surface area contributed by atoms with Crippen LogP contribution in [0.15, 0.2) is 18.2 Å².